The molecule has 0 saturated carbocycles. The standard InChI is InChI=1S/C20H18N2O4S/c1-13-18(10-14-7-8-16-17(9-14)26-12-25-16)27-20(21-13)22-19(23)11-24-15-5-3-2-4-6-15/h2-9H,10-12H2,1H3,(H,21,22,23). The molecular formula is C20H18N2O4S. The molecule has 27 heavy (non-hydrogen) atoms. The minimum absolute atomic E-state index is 0.0554. The van der Waals surface area contributed by atoms with Gasteiger partial charge in [0, 0.05) is 11.3 Å². The van der Waals surface area contributed by atoms with Gasteiger partial charge in [0.2, 0.25) is 6.79 Å². The van der Waals surface area contributed by atoms with Crippen molar-refractivity contribution in [2.75, 3.05) is 18.7 Å². The van der Waals surface area contributed by atoms with Crippen LogP contribution in [0.3, 0.4) is 0 Å². The van der Waals surface area contributed by atoms with E-state index < -0.39 is 0 Å². The lowest BCUT2D eigenvalue weighted by Crippen LogP contribution is -2.20. The van der Waals surface area contributed by atoms with Crippen LogP contribution < -0.4 is 19.5 Å². The second kappa shape index (κ2) is 7.67. The highest BCUT2D eigenvalue weighted by atomic mass is 32.1. The van der Waals surface area contributed by atoms with Gasteiger partial charge in [-0.15, -0.1) is 11.3 Å². The number of fused-ring (bicyclic) bond motifs is 1. The van der Waals surface area contributed by atoms with Crippen LogP contribution >= 0.6 is 11.3 Å². The number of anilines is 1. The number of carbonyl (C=O) groups is 1. The highest BCUT2D eigenvalue weighted by Crippen LogP contribution is 2.34. The quantitative estimate of drug-likeness (QED) is 0.702. The number of carbonyl (C=O) groups excluding carboxylic acids is 1. The zero-order valence-electron chi connectivity index (χ0n) is 14.7. The SMILES string of the molecule is Cc1nc(NC(=O)COc2ccccc2)sc1Cc1ccc2c(c1)OCO2. The highest BCUT2D eigenvalue weighted by Gasteiger charge is 2.15. The summed E-state index contributed by atoms with van der Waals surface area (Å²) >= 11 is 1.47. The fraction of sp³-hybridized carbons (Fsp3) is 0.200. The van der Waals surface area contributed by atoms with Crippen LogP contribution in [0.15, 0.2) is 48.5 Å². The Balaban J connectivity index is 1.37. The number of thiazole rings is 1. The maximum atomic E-state index is 12.1. The van der Waals surface area contributed by atoms with Crippen molar-refractivity contribution in [3.63, 3.8) is 0 Å². The summed E-state index contributed by atoms with van der Waals surface area (Å²) in [6, 6.07) is 15.1. The number of rotatable bonds is 6. The highest BCUT2D eigenvalue weighted by molar-refractivity contribution is 7.15. The molecular weight excluding hydrogens is 364 g/mol. The van der Waals surface area contributed by atoms with Crippen molar-refractivity contribution in [3.8, 4) is 17.2 Å². The first-order chi connectivity index (χ1) is 13.2. The number of nitrogens with zero attached hydrogens (tertiary/aromatic N) is 1. The third kappa shape index (κ3) is 4.20. The van der Waals surface area contributed by atoms with Gasteiger partial charge >= 0.3 is 0 Å². The summed E-state index contributed by atoms with van der Waals surface area (Å²) in [6.07, 6.45) is 0.719. The van der Waals surface area contributed by atoms with Crippen molar-refractivity contribution in [1.29, 1.82) is 0 Å². The van der Waals surface area contributed by atoms with Gasteiger partial charge in [-0.2, -0.15) is 0 Å². The van der Waals surface area contributed by atoms with Crippen molar-refractivity contribution in [1.82, 2.24) is 4.98 Å². The minimum atomic E-state index is -0.234. The average Bonchev–Trinajstić information content (AvgIpc) is 3.27. The Hall–Kier alpha value is -3.06. The molecule has 1 aliphatic heterocycles. The molecule has 0 fully saturated rings. The molecule has 0 radical (unpaired) electrons. The van der Waals surface area contributed by atoms with E-state index in [2.05, 4.69) is 10.3 Å². The third-order valence-electron chi connectivity index (χ3n) is 4.05. The van der Waals surface area contributed by atoms with Gasteiger partial charge in [0.1, 0.15) is 5.75 Å². The third-order valence-corrected chi connectivity index (χ3v) is 5.13. The molecule has 1 amide bonds. The smallest absolute Gasteiger partial charge is 0.264 e. The lowest BCUT2D eigenvalue weighted by molar-refractivity contribution is -0.118. The van der Waals surface area contributed by atoms with Crippen molar-refractivity contribution < 1.29 is 19.0 Å². The number of hydrogen-bond donors (Lipinski definition) is 1. The molecule has 0 bridgehead atoms. The normalized spacial score (nSPS) is 12.0. The molecule has 4 rings (SSSR count). The number of benzene rings is 2. The summed E-state index contributed by atoms with van der Waals surface area (Å²) < 4.78 is 16.2. The maximum Gasteiger partial charge on any atom is 0.264 e. The number of amides is 1. The van der Waals surface area contributed by atoms with Crippen molar-refractivity contribution >= 4 is 22.4 Å². The fourth-order valence-electron chi connectivity index (χ4n) is 2.70. The van der Waals surface area contributed by atoms with Crippen molar-refractivity contribution in [3.05, 3.63) is 64.7 Å². The van der Waals surface area contributed by atoms with E-state index in [1.54, 1.807) is 0 Å². The zero-order chi connectivity index (χ0) is 18.6. The van der Waals surface area contributed by atoms with E-state index in [0.29, 0.717) is 10.9 Å². The van der Waals surface area contributed by atoms with Gasteiger partial charge in [0.25, 0.3) is 5.91 Å². The summed E-state index contributed by atoms with van der Waals surface area (Å²) in [4.78, 5) is 17.6. The summed E-state index contributed by atoms with van der Waals surface area (Å²) in [7, 11) is 0. The molecule has 2 aromatic carbocycles. The minimum Gasteiger partial charge on any atom is -0.484 e. The molecule has 0 unspecified atom stereocenters. The molecule has 1 aromatic heterocycles. The van der Waals surface area contributed by atoms with Gasteiger partial charge in [0.15, 0.2) is 23.2 Å². The molecule has 6 nitrogen and oxygen atoms in total. The van der Waals surface area contributed by atoms with Gasteiger partial charge < -0.3 is 14.2 Å². The van der Waals surface area contributed by atoms with Gasteiger partial charge in [-0.05, 0) is 36.8 Å². The number of aromatic nitrogens is 1. The topological polar surface area (TPSA) is 69.7 Å². The predicted octanol–water partition coefficient (Wildman–Crippen LogP) is 3.79. The molecule has 1 N–H and O–H groups in total. The Morgan fingerprint density at radius 2 is 2.00 bits per heavy atom. The van der Waals surface area contributed by atoms with Crippen LogP contribution in [0, 0.1) is 6.92 Å². The van der Waals surface area contributed by atoms with Crippen molar-refractivity contribution in [2.45, 2.75) is 13.3 Å². The lowest BCUT2D eigenvalue weighted by atomic mass is 10.1. The van der Waals surface area contributed by atoms with Crippen LogP contribution in [0.25, 0.3) is 0 Å². The predicted molar refractivity (Wildman–Crippen MR) is 103 cm³/mol. The van der Waals surface area contributed by atoms with E-state index >= 15 is 0 Å². The van der Waals surface area contributed by atoms with Gasteiger partial charge in [0.05, 0.1) is 5.69 Å². The Bertz CT molecular complexity index is 956. The maximum absolute atomic E-state index is 12.1. The Kier molecular flexibility index (Phi) is 4.93. The number of ether oxygens (including phenoxy) is 3. The second-order valence-electron chi connectivity index (χ2n) is 6.04. The monoisotopic (exact) mass is 382 g/mol. The van der Waals surface area contributed by atoms with Crippen LogP contribution in [0.4, 0.5) is 5.13 Å². The molecule has 0 saturated heterocycles. The average molecular weight is 382 g/mol. The first-order valence-corrected chi connectivity index (χ1v) is 9.31. The van der Waals surface area contributed by atoms with E-state index in [1.807, 2.05) is 55.5 Å². The Labute approximate surface area is 160 Å². The van der Waals surface area contributed by atoms with Gasteiger partial charge in [-0.25, -0.2) is 4.98 Å². The lowest BCUT2D eigenvalue weighted by Gasteiger charge is -2.05. The molecule has 138 valence electrons. The Morgan fingerprint density at radius 1 is 1.19 bits per heavy atom. The van der Waals surface area contributed by atoms with Gasteiger partial charge in [-0.1, -0.05) is 24.3 Å². The van der Waals surface area contributed by atoms with Gasteiger partial charge in [-0.3, -0.25) is 10.1 Å². The summed E-state index contributed by atoms with van der Waals surface area (Å²) in [5, 5.41) is 3.37. The van der Waals surface area contributed by atoms with Crippen LogP contribution in [-0.4, -0.2) is 24.3 Å². The fourth-order valence-corrected chi connectivity index (χ4v) is 3.72. The van der Waals surface area contributed by atoms with E-state index in [4.69, 9.17) is 14.2 Å². The van der Waals surface area contributed by atoms with E-state index in [0.717, 1.165) is 34.1 Å². The first kappa shape index (κ1) is 17.4. The molecule has 0 atom stereocenters. The van der Waals surface area contributed by atoms with E-state index in [9.17, 15) is 4.79 Å². The van der Waals surface area contributed by atoms with Crippen LogP contribution in [0.5, 0.6) is 17.2 Å². The molecule has 3 aromatic rings. The number of para-hydroxylation sites is 1. The molecule has 0 spiro atoms. The largest absolute Gasteiger partial charge is 0.484 e. The van der Waals surface area contributed by atoms with Crippen LogP contribution in [-0.2, 0) is 11.2 Å². The Morgan fingerprint density at radius 3 is 2.85 bits per heavy atom. The number of aryl methyl sites for hydroxylation is 1. The molecule has 7 heteroatoms. The number of nitrogens with one attached hydrogen (secondary N) is 1. The molecule has 0 aliphatic carbocycles. The van der Waals surface area contributed by atoms with Crippen LogP contribution in [0.1, 0.15) is 16.1 Å². The first-order valence-electron chi connectivity index (χ1n) is 8.50. The molecule has 2 heterocycles. The summed E-state index contributed by atoms with van der Waals surface area (Å²) in [5.41, 5.74) is 2.01. The second-order valence-corrected chi connectivity index (χ2v) is 7.13. The summed E-state index contributed by atoms with van der Waals surface area (Å²) in [5.74, 6) is 1.96. The number of hydrogen-bond acceptors (Lipinski definition) is 6. The van der Waals surface area contributed by atoms with Crippen molar-refractivity contribution in [2.24, 2.45) is 0 Å². The zero-order valence-corrected chi connectivity index (χ0v) is 15.5. The summed E-state index contributed by atoms with van der Waals surface area (Å²) in [6.45, 7) is 2.15. The van der Waals surface area contributed by atoms with Crippen LogP contribution in [0.2, 0.25) is 0 Å². The van der Waals surface area contributed by atoms with E-state index in [1.165, 1.54) is 11.3 Å². The van der Waals surface area contributed by atoms with E-state index in [-0.39, 0.29) is 19.3 Å². The molecule has 1 aliphatic rings.